The third-order valence-corrected chi connectivity index (χ3v) is 5.39. The molecule has 0 unspecified atom stereocenters. The minimum atomic E-state index is -0.412. The number of hydrogen-bond acceptors (Lipinski definition) is 7. The molecular formula is C19H17FN4O3S2. The molecule has 0 saturated heterocycles. The number of aryl methyl sites for hydroxylation is 1. The smallest absolute Gasteiger partial charge is 0.277 e. The van der Waals surface area contributed by atoms with Gasteiger partial charge in [0.1, 0.15) is 5.82 Å². The number of carbonyl (C=O) groups excluding carboxylic acids is 2. The van der Waals surface area contributed by atoms with Crippen molar-refractivity contribution in [2.75, 3.05) is 11.5 Å². The maximum absolute atomic E-state index is 12.9. The van der Waals surface area contributed by atoms with E-state index in [4.69, 9.17) is 4.42 Å². The molecule has 0 aliphatic rings. The predicted molar refractivity (Wildman–Crippen MR) is 109 cm³/mol. The molecule has 3 rings (SSSR count). The molecule has 0 spiro atoms. The third-order valence-electron chi connectivity index (χ3n) is 3.56. The Morgan fingerprint density at radius 1 is 0.931 bits per heavy atom. The number of hydrazine groups is 1. The van der Waals surface area contributed by atoms with Gasteiger partial charge < -0.3 is 4.42 Å². The zero-order chi connectivity index (χ0) is 20.6. The van der Waals surface area contributed by atoms with Crippen LogP contribution >= 0.6 is 23.5 Å². The first kappa shape index (κ1) is 20.9. The van der Waals surface area contributed by atoms with Crippen LogP contribution in [0.4, 0.5) is 4.39 Å². The first-order chi connectivity index (χ1) is 14.0. The molecule has 1 aromatic heterocycles. The standard InChI is InChI=1S/C19H17FN4O3S2/c1-12-2-8-15(9-3-12)28-10-16(25)21-22-17(26)11-29-19-24-23-18(27-19)13-4-6-14(20)7-5-13/h2-9H,10-11H2,1H3,(H,21,25)(H,22,26). The van der Waals surface area contributed by atoms with Crippen LogP contribution in [0.25, 0.3) is 11.5 Å². The zero-order valence-electron chi connectivity index (χ0n) is 15.3. The van der Waals surface area contributed by atoms with Crippen LogP contribution in [0.5, 0.6) is 0 Å². The highest BCUT2D eigenvalue weighted by Gasteiger charge is 2.12. The summed E-state index contributed by atoms with van der Waals surface area (Å²) < 4.78 is 18.4. The summed E-state index contributed by atoms with van der Waals surface area (Å²) in [4.78, 5) is 24.7. The number of thioether (sulfide) groups is 2. The summed E-state index contributed by atoms with van der Waals surface area (Å²) in [6.45, 7) is 1.99. The topological polar surface area (TPSA) is 97.1 Å². The molecule has 10 heteroatoms. The van der Waals surface area contributed by atoms with Crippen molar-refractivity contribution in [1.82, 2.24) is 21.0 Å². The van der Waals surface area contributed by atoms with Crippen molar-refractivity contribution in [2.24, 2.45) is 0 Å². The van der Waals surface area contributed by atoms with E-state index in [1.54, 1.807) is 0 Å². The molecule has 2 N–H and O–H groups in total. The lowest BCUT2D eigenvalue weighted by molar-refractivity contribution is -0.126. The Hall–Kier alpha value is -2.85. The Morgan fingerprint density at radius 3 is 2.21 bits per heavy atom. The summed E-state index contributed by atoms with van der Waals surface area (Å²) in [6, 6.07) is 13.4. The van der Waals surface area contributed by atoms with Crippen LogP contribution in [-0.2, 0) is 9.59 Å². The van der Waals surface area contributed by atoms with E-state index in [9.17, 15) is 14.0 Å². The lowest BCUT2D eigenvalue weighted by Crippen LogP contribution is -2.43. The molecule has 7 nitrogen and oxygen atoms in total. The Balaban J connectivity index is 1.38. The molecule has 0 bridgehead atoms. The summed E-state index contributed by atoms with van der Waals surface area (Å²) in [6.07, 6.45) is 0. The first-order valence-electron chi connectivity index (χ1n) is 8.49. The maximum atomic E-state index is 12.9. The predicted octanol–water partition coefficient (Wildman–Crippen LogP) is 3.22. The normalized spacial score (nSPS) is 10.6. The fourth-order valence-electron chi connectivity index (χ4n) is 2.10. The molecule has 0 fully saturated rings. The minimum Gasteiger partial charge on any atom is -0.411 e. The van der Waals surface area contributed by atoms with Crippen LogP contribution in [0, 0.1) is 12.7 Å². The molecule has 1 heterocycles. The SMILES string of the molecule is Cc1ccc(SCC(=O)NNC(=O)CSc2nnc(-c3ccc(F)cc3)o2)cc1. The van der Waals surface area contributed by atoms with Gasteiger partial charge in [0, 0.05) is 10.5 Å². The van der Waals surface area contributed by atoms with E-state index in [0.29, 0.717) is 5.56 Å². The van der Waals surface area contributed by atoms with Gasteiger partial charge in [-0.1, -0.05) is 29.5 Å². The van der Waals surface area contributed by atoms with Crippen LogP contribution in [0.2, 0.25) is 0 Å². The van der Waals surface area contributed by atoms with Crippen molar-refractivity contribution in [3.05, 3.63) is 59.9 Å². The number of nitrogens with zero attached hydrogens (tertiary/aromatic N) is 2. The van der Waals surface area contributed by atoms with E-state index in [1.807, 2.05) is 31.2 Å². The molecule has 2 amide bonds. The molecular weight excluding hydrogens is 415 g/mol. The Bertz CT molecular complexity index is 978. The quantitative estimate of drug-likeness (QED) is 0.437. The monoisotopic (exact) mass is 432 g/mol. The Labute approximate surface area is 174 Å². The van der Waals surface area contributed by atoms with E-state index in [-0.39, 0.29) is 34.3 Å². The minimum absolute atomic E-state index is 0.0174. The van der Waals surface area contributed by atoms with Crippen molar-refractivity contribution >= 4 is 35.3 Å². The molecule has 0 atom stereocenters. The summed E-state index contributed by atoms with van der Waals surface area (Å²) in [7, 11) is 0. The van der Waals surface area contributed by atoms with Gasteiger partial charge in [-0.05, 0) is 43.3 Å². The number of rotatable bonds is 7. The fourth-order valence-corrected chi connectivity index (χ4v) is 3.36. The van der Waals surface area contributed by atoms with Gasteiger partial charge in [0.2, 0.25) is 17.7 Å². The number of carbonyl (C=O) groups is 2. The van der Waals surface area contributed by atoms with Crippen molar-refractivity contribution in [3.8, 4) is 11.5 Å². The number of amides is 2. The Kier molecular flexibility index (Phi) is 7.25. The summed E-state index contributed by atoms with van der Waals surface area (Å²) in [5.41, 5.74) is 6.43. The van der Waals surface area contributed by atoms with Crippen LogP contribution < -0.4 is 10.9 Å². The molecule has 29 heavy (non-hydrogen) atoms. The number of aromatic nitrogens is 2. The lowest BCUT2D eigenvalue weighted by Gasteiger charge is -2.06. The molecule has 0 saturated carbocycles. The lowest BCUT2D eigenvalue weighted by atomic mass is 10.2. The summed E-state index contributed by atoms with van der Waals surface area (Å²) in [5.74, 6) is -0.693. The van der Waals surface area contributed by atoms with E-state index in [2.05, 4.69) is 21.0 Å². The summed E-state index contributed by atoms with van der Waals surface area (Å²) >= 11 is 2.40. The van der Waals surface area contributed by atoms with Crippen molar-refractivity contribution < 1.29 is 18.4 Å². The zero-order valence-corrected chi connectivity index (χ0v) is 17.0. The van der Waals surface area contributed by atoms with Gasteiger partial charge in [-0.15, -0.1) is 22.0 Å². The molecule has 150 valence electrons. The second-order valence-electron chi connectivity index (χ2n) is 5.87. The Morgan fingerprint density at radius 2 is 1.55 bits per heavy atom. The van der Waals surface area contributed by atoms with Gasteiger partial charge in [-0.3, -0.25) is 20.4 Å². The van der Waals surface area contributed by atoms with Crippen LogP contribution in [0.1, 0.15) is 5.56 Å². The summed E-state index contributed by atoms with van der Waals surface area (Å²) in [5, 5.41) is 7.89. The highest BCUT2D eigenvalue weighted by molar-refractivity contribution is 8.00. The number of nitrogens with one attached hydrogen (secondary N) is 2. The van der Waals surface area contributed by atoms with Gasteiger partial charge in [0.25, 0.3) is 5.22 Å². The molecule has 0 aliphatic heterocycles. The van der Waals surface area contributed by atoms with E-state index < -0.39 is 5.91 Å². The van der Waals surface area contributed by atoms with Crippen LogP contribution in [-0.4, -0.2) is 33.5 Å². The van der Waals surface area contributed by atoms with Gasteiger partial charge in [-0.25, -0.2) is 4.39 Å². The van der Waals surface area contributed by atoms with Gasteiger partial charge in [0.05, 0.1) is 11.5 Å². The average Bonchev–Trinajstić information content (AvgIpc) is 3.20. The maximum Gasteiger partial charge on any atom is 0.277 e. The van der Waals surface area contributed by atoms with Crippen molar-refractivity contribution in [2.45, 2.75) is 17.0 Å². The third kappa shape index (κ3) is 6.61. The van der Waals surface area contributed by atoms with Gasteiger partial charge >= 0.3 is 0 Å². The number of halogens is 1. The highest BCUT2D eigenvalue weighted by atomic mass is 32.2. The van der Waals surface area contributed by atoms with Crippen molar-refractivity contribution in [1.29, 1.82) is 0 Å². The first-order valence-corrected chi connectivity index (χ1v) is 10.5. The van der Waals surface area contributed by atoms with Crippen molar-refractivity contribution in [3.63, 3.8) is 0 Å². The van der Waals surface area contributed by atoms with Gasteiger partial charge in [-0.2, -0.15) is 0 Å². The van der Waals surface area contributed by atoms with Crippen LogP contribution in [0.3, 0.4) is 0 Å². The molecule has 2 aromatic carbocycles. The molecule has 3 aromatic rings. The second-order valence-corrected chi connectivity index (χ2v) is 7.84. The van der Waals surface area contributed by atoms with E-state index in [0.717, 1.165) is 22.2 Å². The molecule has 0 radical (unpaired) electrons. The van der Waals surface area contributed by atoms with E-state index >= 15 is 0 Å². The highest BCUT2D eigenvalue weighted by Crippen LogP contribution is 2.23. The second kappa shape index (κ2) is 10.1. The average molecular weight is 433 g/mol. The van der Waals surface area contributed by atoms with Crippen LogP contribution in [0.15, 0.2) is 63.1 Å². The number of benzene rings is 2. The van der Waals surface area contributed by atoms with E-state index in [1.165, 1.54) is 36.0 Å². The largest absolute Gasteiger partial charge is 0.411 e. The molecule has 0 aliphatic carbocycles. The fraction of sp³-hybridized carbons (Fsp3) is 0.158. The van der Waals surface area contributed by atoms with Gasteiger partial charge in [0.15, 0.2) is 0 Å². The number of hydrogen-bond donors (Lipinski definition) is 2.